The van der Waals surface area contributed by atoms with Crippen LogP contribution in [0.3, 0.4) is 0 Å². The Morgan fingerprint density at radius 1 is 1.30 bits per heavy atom. The van der Waals surface area contributed by atoms with Crippen LogP contribution in [0, 0.1) is 5.92 Å². The number of halogens is 1. The Labute approximate surface area is 139 Å². The number of carbonyl (C=O) groups is 3. The van der Waals surface area contributed by atoms with E-state index < -0.39 is 38.8 Å². The summed E-state index contributed by atoms with van der Waals surface area (Å²) in [6, 6.07) is 3.59. The van der Waals surface area contributed by atoms with Gasteiger partial charge >= 0.3 is 0 Å². The molecular formula is C15H16ClNO5S. The van der Waals surface area contributed by atoms with Gasteiger partial charge in [-0.2, -0.15) is 0 Å². The van der Waals surface area contributed by atoms with Crippen LogP contribution in [0.2, 0.25) is 5.02 Å². The molecule has 8 heteroatoms. The number of benzene rings is 1. The van der Waals surface area contributed by atoms with E-state index >= 15 is 0 Å². The molecule has 0 radical (unpaired) electrons. The molecular weight excluding hydrogens is 342 g/mol. The predicted molar refractivity (Wildman–Crippen MR) is 84.2 cm³/mol. The molecule has 1 saturated heterocycles. The van der Waals surface area contributed by atoms with Crippen LogP contribution in [0.5, 0.6) is 0 Å². The van der Waals surface area contributed by atoms with Crippen LogP contribution in [0.15, 0.2) is 23.1 Å². The van der Waals surface area contributed by atoms with Crippen molar-refractivity contribution in [2.45, 2.75) is 30.7 Å². The summed E-state index contributed by atoms with van der Waals surface area (Å²) in [5, 5.41) is 2.51. The number of nitrogens with one attached hydrogen (secondary N) is 1. The average Bonchev–Trinajstić information content (AvgIpc) is 2.34. The molecule has 1 aliphatic heterocycles. The number of hydrogen-bond acceptors (Lipinski definition) is 5. The van der Waals surface area contributed by atoms with E-state index in [0.29, 0.717) is 0 Å². The van der Waals surface area contributed by atoms with Gasteiger partial charge in [-0.3, -0.25) is 14.4 Å². The molecule has 124 valence electrons. The summed E-state index contributed by atoms with van der Waals surface area (Å²) in [7, 11) is -3.47. The minimum absolute atomic E-state index is 0.0359. The quantitative estimate of drug-likeness (QED) is 0.651. The second kappa shape index (κ2) is 5.72. The number of rotatable bonds is 3. The molecule has 0 aromatic heterocycles. The third kappa shape index (κ3) is 3.61. The summed E-state index contributed by atoms with van der Waals surface area (Å²) in [4.78, 5) is 36.7. The Morgan fingerprint density at radius 2 is 1.91 bits per heavy atom. The summed E-state index contributed by atoms with van der Waals surface area (Å²) in [6.07, 6.45) is 1.05. The van der Waals surface area contributed by atoms with Crippen molar-refractivity contribution >= 4 is 38.9 Å². The Balaban J connectivity index is 2.38. The van der Waals surface area contributed by atoms with Gasteiger partial charge < -0.3 is 5.32 Å². The highest BCUT2D eigenvalue weighted by Gasteiger charge is 2.43. The zero-order chi connectivity index (χ0) is 17.6. The van der Waals surface area contributed by atoms with Crippen LogP contribution in [0.4, 0.5) is 0 Å². The number of piperidine rings is 1. The molecule has 23 heavy (non-hydrogen) atoms. The molecule has 1 aromatic carbocycles. The summed E-state index contributed by atoms with van der Waals surface area (Å²) < 4.78 is 23.0. The second-order valence-corrected chi connectivity index (χ2v) is 8.65. The van der Waals surface area contributed by atoms with Gasteiger partial charge in [-0.1, -0.05) is 11.6 Å². The van der Waals surface area contributed by atoms with Gasteiger partial charge in [0.2, 0.25) is 5.91 Å². The lowest BCUT2D eigenvalue weighted by Crippen LogP contribution is -2.56. The van der Waals surface area contributed by atoms with Crippen molar-refractivity contribution in [3.05, 3.63) is 28.8 Å². The van der Waals surface area contributed by atoms with E-state index in [9.17, 15) is 22.8 Å². The molecule has 1 heterocycles. The van der Waals surface area contributed by atoms with Crippen molar-refractivity contribution in [2.24, 2.45) is 5.92 Å². The fourth-order valence-corrected chi connectivity index (χ4v) is 3.47. The zero-order valence-electron chi connectivity index (χ0n) is 12.8. The fourth-order valence-electron chi connectivity index (χ4n) is 2.48. The standard InChI is InChI=1S/C15H16ClNO5S/c1-15(2)7-11(18)12(14(20)17-15)13(19)9-5-4-8(6-10(9)16)23(3,21)22/h4-6,12H,7H2,1-3H3,(H,17,20). The first-order valence-electron chi connectivity index (χ1n) is 6.81. The Morgan fingerprint density at radius 3 is 2.39 bits per heavy atom. The summed E-state index contributed by atoms with van der Waals surface area (Å²) in [5.41, 5.74) is -0.748. The van der Waals surface area contributed by atoms with E-state index in [1.54, 1.807) is 13.8 Å². The van der Waals surface area contributed by atoms with Gasteiger partial charge in [0.15, 0.2) is 27.3 Å². The SMILES string of the molecule is CC1(C)CC(=O)C(C(=O)c2ccc(S(C)(=O)=O)cc2Cl)C(=O)N1. The lowest BCUT2D eigenvalue weighted by molar-refractivity contribution is -0.137. The van der Waals surface area contributed by atoms with E-state index in [2.05, 4.69) is 5.32 Å². The molecule has 6 nitrogen and oxygen atoms in total. The minimum atomic E-state index is -3.47. The van der Waals surface area contributed by atoms with Gasteiger partial charge in [0.25, 0.3) is 0 Å². The topological polar surface area (TPSA) is 97.4 Å². The molecule has 1 aliphatic rings. The normalized spacial score (nSPS) is 21.0. The van der Waals surface area contributed by atoms with Crippen LogP contribution in [-0.2, 0) is 19.4 Å². The molecule has 2 rings (SSSR count). The molecule has 1 atom stereocenters. The van der Waals surface area contributed by atoms with Crippen LogP contribution in [0.25, 0.3) is 0 Å². The Bertz CT molecular complexity index is 793. The van der Waals surface area contributed by atoms with Crippen molar-refractivity contribution in [3.63, 3.8) is 0 Å². The summed E-state index contributed by atoms with van der Waals surface area (Å²) in [6.45, 7) is 3.38. The predicted octanol–water partition coefficient (Wildman–Crippen LogP) is 1.41. The van der Waals surface area contributed by atoms with E-state index in [0.717, 1.165) is 12.3 Å². The van der Waals surface area contributed by atoms with Gasteiger partial charge in [0.05, 0.1) is 9.92 Å². The first kappa shape index (κ1) is 17.6. The van der Waals surface area contributed by atoms with E-state index in [1.165, 1.54) is 12.1 Å². The number of hydrogen-bond donors (Lipinski definition) is 1. The molecule has 1 fully saturated rings. The summed E-state index contributed by atoms with van der Waals surface area (Å²) >= 11 is 5.97. The van der Waals surface area contributed by atoms with Crippen LogP contribution < -0.4 is 5.32 Å². The molecule has 1 unspecified atom stereocenters. The number of ketones is 2. The maximum Gasteiger partial charge on any atom is 0.238 e. The first-order chi connectivity index (χ1) is 10.4. The highest BCUT2D eigenvalue weighted by atomic mass is 35.5. The number of sulfone groups is 1. The van der Waals surface area contributed by atoms with Crippen molar-refractivity contribution in [3.8, 4) is 0 Å². The molecule has 0 bridgehead atoms. The third-order valence-electron chi connectivity index (χ3n) is 3.56. The third-order valence-corrected chi connectivity index (χ3v) is 4.98. The number of Topliss-reactive ketones (excluding diaryl/α,β-unsaturated/α-hetero) is 2. The smallest absolute Gasteiger partial charge is 0.238 e. The van der Waals surface area contributed by atoms with E-state index in [1.807, 2.05) is 0 Å². The summed E-state index contributed by atoms with van der Waals surface area (Å²) in [5.74, 6) is -3.33. The monoisotopic (exact) mass is 357 g/mol. The fraction of sp³-hybridized carbons (Fsp3) is 0.400. The zero-order valence-corrected chi connectivity index (χ0v) is 14.4. The number of carbonyl (C=O) groups excluding carboxylic acids is 3. The van der Waals surface area contributed by atoms with Crippen molar-refractivity contribution in [1.82, 2.24) is 5.32 Å². The van der Waals surface area contributed by atoms with Gasteiger partial charge in [0, 0.05) is 23.8 Å². The lowest BCUT2D eigenvalue weighted by Gasteiger charge is -2.33. The first-order valence-corrected chi connectivity index (χ1v) is 9.08. The molecule has 0 spiro atoms. The Hall–Kier alpha value is -1.73. The van der Waals surface area contributed by atoms with Gasteiger partial charge in [-0.25, -0.2) is 8.42 Å². The maximum atomic E-state index is 12.5. The van der Waals surface area contributed by atoms with Crippen molar-refractivity contribution < 1.29 is 22.8 Å². The number of amides is 1. The minimum Gasteiger partial charge on any atom is -0.350 e. The van der Waals surface area contributed by atoms with Crippen LogP contribution >= 0.6 is 11.6 Å². The molecule has 1 amide bonds. The average molecular weight is 358 g/mol. The van der Waals surface area contributed by atoms with Gasteiger partial charge in [-0.05, 0) is 32.0 Å². The molecule has 1 aromatic rings. The molecule has 1 N–H and O–H groups in total. The van der Waals surface area contributed by atoms with Crippen LogP contribution in [-0.4, -0.2) is 37.7 Å². The van der Waals surface area contributed by atoms with E-state index in [-0.39, 0.29) is 21.9 Å². The Kier molecular flexibility index (Phi) is 4.38. The van der Waals surface area contributed by atoms with Crippen molar-refractivity contribution in [1.29, 1.82) is 0 Å². The highest BCUT2D eigenvalue weighted by molar-refractivity contribution is 7.90. The lowest BCUT2D eigenvalue weighted by atomic mass is 9.81. The maximum absolute atomic E-state index is 12.5. The van der Waals surface area contributed by atoms with E-state index in [4.69, 9.17) is 11.6 Å². The molecule has 0 aliphatic carbocycles. The van der Waals surface area contributed by atoms with Crippen LogP contribution in [0.1, 0.15) is 30.6 Å². The molecule has 0 saturated carbocycles. The van der Waals surface area contributed by atoms with Crippen molar-refractivity contribution in [2.75, 3.05) is 6.26 Å². The largest absolute Gasteiger partial charge is 0.350 e. The second-order valence-electron chi connectivity index (χ2n) is 6.23. The highest BCUT2D eigenvalue weighted by Crippen LogP contribution is 2.27. The van der Waals surface area contributed by atoms with Gasteiger partial charge in [-0.15, -0.1) is 0 Å². The van der Waals surface area contributed by atoms with Gasteiger partial charge in [0.1, 0.15) is 0 Å².